The van der Waals surface area contributed by atoms with E-state index in [2.05, 4.69) is 62.5 Å². The highest BCUT2D eigenvalue weighted by Crippen LogP contribution is 2.43. The molecule has 0 fully saturated rings. The molecule has 0 aliphatic carbocycles. The van der Waals surface area contributed by atoms with Crippen LogP contribution in [0, 0.1) is 0 Å². The average Bonchev–Trinajstić information content (AvgIpc) is 3.37. The second-order valence-corrected chi connectivity index (χ2v) is 24.4. The van der Waals surface area contributed by atoms with Crippen molar-refractivity contribution in [2.24, 2.45) is 0 Å². The number of nitrogens with one attached hydrogen (secondary N) is 1. The van der Waals surface area contributed by atoms with Gasteiger partial charge in [0.05, 0.1) is 33.8 Å². The molecule has 0 heterocycles. The molecule has 0 aliphatic heterocycles. The molecule has 2 N–H and O–H groups in total. The van der Waals surface area contributed by atoms with Gasteiger partial charge in [0, 0.05) is 12.8 Å². The molecule has 0 rings (SSSR count). The minimum absolute atomic E-state index is 0.0416. The summed E-state index contributed by atoms with van der Waals surface area (Å²) in [6.07, 6.45) is 68.2. The van der Waals surface area contributed by atoms with Crippen molar-refractivity contribution in [3.63, 3.8) is 0 Å². The number of phosphoric acid groups is 1. The normalized spacial score (nSPS) is 14.0. The third-order valence-corrected chi connectivity index (χ3v) is 15.3. The number of likely N-dealkylation sites (N-methyl/N-ethyl adjacent to an activating group) is 1. The van der Waals surface area contributed by atoms with Crippen LogP contribution in [0.1, 0.15) is 303 Å². The fraction of sp³-hybridized carbons (Fsp3) is 0.846. The molecule has 440 valence electrons. The van der Waals surface area contributed by atoms with Gasteiger partial charge >= 0.3 is 13.8 Å². The molecule has 0 aliphatic rings. The van der Waals surface area contributed by atoms with E-state index in [0.717, 1.165) is 70.6 Å². The molecule has 0 aromatic rings. The lowest BCUT2D eigenvalue weighted by atomic mass is 10.0. The number of nitrogens with zero attached hydrogens (tertiary/aromatic N) is 1. The third-order valence-electron chi connectivity index (χ3n) is 14.3. The maximum Gasteiger partial charge on any atom is 0.472 e. The Hall–Kier alpha value is -2.03. The van der Waals surface area contributed by atoms with Gasteiger partial charge in [-0.05, 0) is 70.3 Å². The Morgan fingerprint density at radius 1 is 0.467 bits per heavy atom. The average molecular weight is 1080 g/mol. The number of ether oxygens (including phenoxy) is 1. The summed E-state index contributed by atoms with van der Waals surface area (Å²) in [5.74, 6) is -0.497. The summed E-state index contributed by atoms with van der Waals surface area (Å²) >= 11 is 0. The predicted molar refractivity (Wildman–Crippen MR) is 323 cm³/mol. The van der Waals surface area contributed by atoms with Gasteiger partial charge in [-0.3, -0.25) is 18.6 Å². The van der Waals surface area contributed by atoms with E-state index in [-0.39, 0.29) is 25.1 Å². The van der Waals surface area contributed by atoms with Crippen molar-refractivity contribution in [1.82, 2.24) is 5.32 Å². The van der Waals surface area contributed by atoms with Gasteiger partial charge in [-0.25, -0.2) is 4.57 Å². The zero-order valence-electron chi connectivity index (χ0n) is 50.3. The van der Waals surface area contributed by atoms with Crippen molar-refractivity contribution in [3.05, 3.63) is 48.6 Å². The number of phosphoric ester groups is 1. The highest BCUT2D eigenvalue weighted by molar-refractivity contribution is 7.47. The molecule has 0 aromatic carbocycles. The smallest absolute Gasteiger partial charge is 0.456 e. The van der Waals surface area contributed by atoms with E-state index in [4.69, 9.17) is 13.8 Å². The molecule has 3 unspecified atom stereocenters. The van der Waals surface area contributed by atoms with Gasteiger partial charge in [-0.1, -0.05) is 269 Å². The minimum atomic E-state index is -4.44. The molecule has 0 saturated carbocycles. The van der Waals surface area contributed by atoms with E-state index in [0.29, 0.717) is 23.9 Å². The quantitative estimate of drug-likeness (QED) is 0.0205. The fourth-order valence-electron chi connectivity index (χ4n) is 9.30. The number of allylic oxidation sites excluding steroid dienone is 7. The number of carbonyl (C=O) groups excluding carboxylic acids is 2. The van der Waals surface area contributed by atoms with Gasteiger partial charge < -0.3 is 19.4 Å². The van der Waals surface area contributed by atoms with Crippen molar-refractivity contribution >= 4 is 19.7 Å². The molecule has 0 radical (unpaired) electrons. The summed E-state index contributed by atoms with van der Waals surface area (Å²) in [5.41, 5.74) is 0. The van der Waals surface area contributed by atoms with Crippen LogP contribution in [0.15, 0.2) is 48.6 Å². The Bertz CT molecular complexity index is 1420. The van der Waals surface area contributed by atoms with Crippen molar-refractivity contribution in [2.45, 2.75) is 315 Å². The zero-order valence-corrected chi connectivity index (χ0v) is 51.2. The lowest BCUT2D eigenvalue weighted by Crippen LogP contribution is -2.47. The number of carbonyl (C=O) groups is 2. The molecule has 3 atom stereocenters. The molecule has 0 bridgehead atoms. The molecule has 10 heteroatoms. The number of rotatable bonds is 58. The summed E-state index contributed by atoms with van der Waals surface area (Å²) < 4.78 is 30.7. The first kappa shape index (κ1) is 73.0. The molecule has 0 saturated heterocycles. The van der Waals surface area contributed by atoms with Crippen molar-refractivity contribution in [2.75, 3.05) is 40.9 Å². The predicted octanol–water partition coefficient (Wildman–Crippen LogP) is 19.7. The first-order valence-corrected chi connectivity index (χ1v) is 33.5. The standard InChI is InChI=1S/C65H123N2O7P/c1-7-10-13-16-19-22-25-27-28-29-30-31-32-33-34-35-36-37-38-40-43-46-49-52-55-58-65(69)74-63(56-53-50-47-44-41-24-21-18-15-12-9-3)62(61-73-75(70,71)72-60-59-67(4,5)6)66-64(68)57-54-51-48-45-42-39-26-23-20-17-14-11-8-2/h19,22,27-28,30-31,53,56,62-63H,7-18,20-21,23-26,29,32-52,54-55,57-61H2,1-6H3,(H-,66,68,70,71)/p+1/b22-19-,28-27-,31-30-,56-53-. The molecule has 0 spiro atoms. The van der Waals surface area contributed by atoms with Crippen LogP contribution in [0.3, 0.4) is 0 Å². The number of hydrogen-bond acceptors (Lipinski definition) is 6. The van der Waals surface area contributed by atoms with Crippen LogP contribution < -0.4 is 5.32 Å². The Kier molecular flexibility index (Phi) is 53.8. The second kappa shape index (κ2) is 55.3. The maximum absolute atomic E-state index is 13.5. The van der Waals surface area contributed by atoms with Crippen LogP contribution in [0.4, 0.5) is 0 Å². The lowest BCUT2D eigenvalue weighted by molar-refractivity contribution is -0.870. The summed E-state index contributed by atoms with van der Waals surface area (Å²) in [7, 11) is 1.50. The van der Waals surface area contributed by atoms with Gasteiger partial charge in [-0.15, -0.1) is 0 Å². The highest BCUT2D eigenvalue weighted by Gasteiger charge is 2.30. The summed E-state index contributed by atoms with van der Waals surface area (Å²) in [5, 5.41) is 3.06. The third kappa shape index (κ3) is 56.5. The van der Waals surface area contributed by atoms with Crippen molar-refractivity contribution in [3.8, 4) is 0 Å². The first-order valence-electron chi connectivity index (χ1n) is 32.0. The van der Waals surface area contributed by atoms with Gasteiger partial charge in [0.2, 0.25) is 5.91 Å². The van der Waals surface area contributed by atoms with Crippen LogP contribution in [0.25, 0.3) is 0 Å². The molecular weight excluding hydrogens is 952 g/mol. The van der Waals surface area contributed by atoms with E-state index >= 15 is 0 Å². The SMILES string of the molecule is CCCCC/C=C\C/C=C\C/C=C\CCCCCCCCCCCCCCC(=O)OC(/C=C\CCCCCCCCCCC)C(COP(=O)(O)OCC[N+](C)(C)C)NC(=O)CCCCCCCCCCCCCCC. The highest BCUT2D eigenvalue weighted by atomic mass is 31.2. The van der Waals surface area contributed by atoms with E-state index < -0.39 is 20.0 Å². The van der Waals surface area contributed by atoms with Gasteiger partial charge in [-0.2, -0.15) is 0 Å². The van der Waals surface area contributed by atoms with Crippen molar-refractivity contribution in [1.29, 1.82) is 0 Å². The second-order valence-electron chi connectivity index (χ2n) is 22.9. The topological polar surface area (TPSA) is 111 Å². The molecule has 75 heavy (non-hydrogen) atoms. The van der Waals surface area contributed by atoms with E-state index in [9.17, 15) is 19.0 Å². The molecule has 9 nitrogen and oxygen atoms in total. The monoisotopic (exact) mass is 1080 g/mol. The maximum atomic E-state index is 13.5. The van der Waals surface area contributed by atoms with Gasteiger partial charge in [0.25, 0.3) is 0 Å². The number of quaternary nitrogens is 1. The number of hydrogen-bond donors (Lipinski definition) is 2. The number of esters is 1. The summed E-state index contributed by atoms with van der Waals surface area (Å²) in [6.45, 7) is 7.00. The Morgan fingerprint density at radius 3 is 1.24 bits per heavy atom. The summed E-state index contributed by atoms with van der Waals surface area (Å²) in [4.78, 5) is 37.7. The van der Waals surface area contributed by atoms with Crippen LogP contribution in [-0.4, -0.2) is 74.3 Å². The van der Waals surface area contributed by atoms with E-state index in [1.807, 2.05) is 33.3 Å². The molecular formula is C65H124N2O7P+. The Morgan fingerprint density at radius 2 is 0.813 bits per heavy atom. The lowest BCUT2D eigenvalue weighted by Gasteiger charge is -2.27. The Balaban J connectivity index is 5.05. The fourth-order valence-corrected chi connectivity index (χ4v) is 10.0. The van der Waals surface area contributed by atoms with Crippen LogP contribution in [-0.2, 0) is 27.9 Å². The largest absolute Gasteiger partial charge is 0.472 e. The number of amides is 1. The molecule has 0 aromatic heterocycles. The van der Waals surface area contributed by atoms with Crippen molar-refractivity contribution < 1.29 is 37.3 Å². The minimum Gasteiger partial charge on any atom is -0.456 e. The van der Waals surface area contributed by atoms with Gasteiger partial charge in [0.1, 0.15) is 19.3 Å². The first-order chi connectivity index (χ1) is 36.4. The van der Waals surface area contributed by atoms with Crippen LogP contribution in [0.5, 0.6) is 0 Å². The Labute approximate surface area is 465 Å². The zero-order chi connectivity index (χ0) is 55.0. The van der Waals surface area contributed by atoms with E-state index in [1.54, 1.807) is 0 Å². The summed E-state index contributed by atoms with van der Waals surface area (Å²) in [6, 6.07) is -0.845. The van der Waals surface area contributed by atoms with E-state index in [1.165, 1.54) is 199 Å². The van der Waals surface area contributed by atoms with Crippen LogP contribution >= 0.6 is 7.82 Å². The molecule has 1 amide bonds. The van der Waals surface area contributed by atoms with Crippen LogP contribution in [0.2, 0.25) is 0 Å². The van der Waals surface area contributed by atoms with Gasteiger partial charge in [0.15, 0.2) is 0 Å². The number of unbranched alkanes of at least 4 members (excludes halogenated alkanes) is 36.